The Kier molecular flexibility index (Phi) is 4.03. The molecule has 2 fully saturated rings. The molecule has 2 aliphatic heterocycles. The van der Waals surface area contributed by atoms with Gasteiger partial charge >= 0.3 is 0 Å². The van der Waals surface area contributed by atoms with E-state index in [4.69, 9.17) is 0 Å². The Bertz CT molecular complexity index is 778. The molecule has 3 heterocycles. The summed E-state index contributed by atoms with van der Waals surface area (Å²) in [5.41, 5.74) is 0.894. The lowest BCUT2D eigenvalue weighted by molar-refractivity contribution is 0.0722. The van der Waals surface area contributed by atoms with E-state index in [1.807, 2.05) is 4.90 Å². The third-order valence-electron chi connectivity index (χ3n) is 5.44. The minimum atomic E-state index is -0.470. The lowest BCUT2D eigenvalue weighted by Crippen LogP contribution is -2.43. The number of nitrogens with zero attached hydrogens (tertiary/aromatic N) is 5. The average molecular weight is 343 g/mol. The van der Waals surface area contributed by atoms with Crippen molar-refractivity contribution in [3.05, 3.63) is 42.2 Å². The molecule has 2 aromatic rings. The highest BCUT2D eigenvalue weighted by Gasteiger charge is 2.42. The van der Waals surface area contributed by atoms with E-state index in [1.54, 1.807) is 12.1 Å². The Labute approximate surface area is 146 Å². The molecule has 7 heteroatoms. The molecular weight excluding hydrogens is 321 g/mol. The van der Waals surface area contributed by atoms with Crippen LogP contribution < -0.4 is 0 Å². The van der Waals surface area contributed by atoms with Gasteiger partial charge in [0.1, 0.15) is 24.2 Å². The molecule has 2 aliphatic rings. The average Bonchev–Trinajstić information content (AvgIpc) is 3.24. The van der Waals surface area contributed by atoms with Gasteiger partial charge in [-0.2, -0.15) is 5.10 Å². The number of hydrogen-bond donors (Lipinski definition) is 0. The van der Waals surface area contributed by atoms with E-state index in [-0.39, 0.29) is 11.3 Å². The number of benzene rings is 1. The van der Waals surface area contributed by atoms with Crippen LogP contribution in [0.25, 0.3) is 5.69 Å². The fourth-order valence-electron chi connectivity index (χ4n) is 4.24. The van der Waals surface area contributed by atoms with Crippen LogP contribution in [0.2, 0.25) is 0 Å². The predicted molar refractivity (Wildman–Crippen MR) is 91.0 cm³/mol. The van der Waals surface area contributed by atoms with Gasteiger partial charge in [0.2, 0.25) is 0 Å². The van der Waals surface area contributed by atoms with Crippen molar-refractivity contribution < 1.29 is 9.18 Å². The van der Waals surface area contributed by atoms with Crippen molar-refractivity contribution in [2.24, 2.45) is 5.41 Å². The topological polar surface area (TPSA) is 54.3 Å². The summed E-state index contributed by atoms with van der Waals surface area (Å²) in [4.78, 5) is 20.9. The van der Waals surface area contributed by atoms with Gasteiger partial charge in [-0.25, -0.2) is 14.1 Å². The van der Waals surface area contributed by atoms with Crippen molar-refractivity contribution in [2.45, 2.75) is 19.3 Å². The summed E-state index contributed by atoms with van der Waals surface area (Å²) in [5.74, 6) is -0.559. The van der Waals surface area contributed by atoms with Gasteiger partial charge in [-0.05, 0) is 51.1 Å². The van der Waals surface area contributed by atoms with Crippen LogP contribution in [-0.4, -0.2) is 63.7 Å². The van der Waals surface area contributed by atoms with Gasteiger partial charge in [-0.1, -0.05) is 0 Å². The number of carbonyl (C=O) groups is 1. The van der Waals surface area contributed by atoms with Crippen LogP contribution in [0.4, 0.5) is 4.39 Å². The molecule has 25 heavy (non-hydrogen) atoms. The van der Waals surface area contributed by atoms with Crippen molar-refractivity contribution >= 4 is 5.91 Å². The highest BCUT2D eigenvalue weighted by Crippen LogP contribution is 2.39. The molecule has 6 nitrogen and oxygen atoms in total. The van der Waals surface area contributed by atoms with Crippen molar-refractivity contribution in [1.29, 1.82) is 0 Å². The van der Waals surface area contributed by atoms with Crippen molar-refractivity contribution in [1.82, 2.24) is 24.6 Å². The van der Waals surface area contributed by atoms with Crippen molar-refractivity contribution in [3.8, 4) is 5.69 Å². The number of likely N-dealkylation sites (tertiary alicyclic amines) is 2. The zero-order valence-electron chi connectivity index (χ0n) is 14.4. The molecule has 1 atom stereocenters. The number of halogens is 1. The number of piperidine rings is 1. The normalized spacial score (nSPS) is 24.2. The molecule has 0 saturated carbocycles. The van der Waals surface area contributed by atoms with Gasteiger partial charge in [0.05, 0.1) is 0 Å². The molecule has 0 N–H and O–H groups in total. The minimum absolute atomic E-state index is 0.0888. The Balaban J connectivity index is 1.51. The van der Waals surface area contributed by atoms with Crippen molar-refractivity contribution in [3.63, 3.8) is 0 Å². The molecule has 0 bridgehead atoms. The van der Waals surface area contributed by atoms with E-state index in [0.717, 1.165) is 32.6 Å². The third-order valence-corrected chi connectivity index (χ3v) is 5.44. The maximum absolute atomic E-state index is 14.4. The number of amides is 1. The summed E-state index contributed by atoms with van der Waals surface area (Å²) in [7, 11) is 2.14. The Morgan fingerprint density at radius 3 is 2.84 bits per heavy atom. The largest absolute Gasteiger partial charge is 0.338 e. The Morgan fingerprint density at radius 2 is 2.12 bits per heavy atom. The van der Waals surface area contributed by atoms with Gasteiger partial charge in [0.15, 0.2) is 0 Å². The predicted octanol–water partition coefficient (Wildman–Crippen LogP) is 1.96. The van der Waals surface area contributed by atoms with E-state index >= 15 is 0 Å². The summed E-state index contributed by atoms with van der Waals surface area (Å²) < 4.78 is 15.7. The van der Waals surface area contributed by atoms with E-state index in [1.165, 1.54) is 36.2 Å². The van der Waals surface area contributed by atoms with Crippen LogP contribution in [0.3, 0.4) is 0 Å². The van der Waals surface area contributed by atoms with E-state index < -0.39 is 5.82 Å². The summed E-state index contributed by atoms with van der Waals surface area (Å²) in [6, 6.07) is 4.55. The molecule has 132 valence electrons. The van der Waals surface area contributed by atoms with Gasteiger partial charge in [0.25, 0.3) is 5.91 Å². The summed E-state index contributed by atoms with van der Waals surface area (Å²) in [5, 5.41) is 3.93. The molecule has 1 aromatic carbocycles. The van der Waals surface area contributed by atoms with Gasteiger partial charge in [-0.15, -0.1) is 0 Å². The summed E-state index contributed by atoms with van der Waals surface area (Å²) in [6.45, 7) is 3.68. The van der Waals surface area contributed by atoms with Crippen LogP contribution in [-0.2, 0) is 0 Å². The smallest absolute Gasteiger partial charge is 0.253 e. The van der Waals surface area contributed by atoms with Crippen LogP contribution in [0.15, 0.2) is 30.9 Å². The fourth-order valence-corrected chi connectivity index (χ4v) is 4.24. The Morgan fingerprint density at radius 1 is 1.24 bits per heavy atom. The quantitative estimate of drug-likeness (QED) is 0.837. The number of hydrogen-bond acceptors (Lipinski definition) is 4. The van der Waals surface area contributed by atoms with E-state index in [0.29, 0.717) is 11.3 Å². The first-order chi connectivity index (χ1) is 12.1. The molecule has 1 aromatic heterocycles. The van der Waals surface area contributed by atoms with Crippen LogP contribution >= 0.6 is 0 Å². The molecule has 0 radical (unpaired) electrons. The standard InChI is InChI=1S/C18H22FN5O/c1-22-7-2-5-18(10-22)6-8-23(11-18)17(25)14-3-4-16(15(19)9-14)24-13-20-12-21-24/h3-4,9,12-13H,2,5-8,10-11H2,1H3. The molecule has 1 spiro atoms. The molecular formula is C18H22FN5O. The van der Waals surface area contributed by atoms with Crippen molar-refractivity contribution in [2.75, 3.05) is 33.2 Å². The first kappa shape index (κ1) is 16.2. The van der Waals surface area contributed by atoms with Gasteiger partial charge in [-0.3, -0.25) is 4.79 Å². The first-order valence-electron chi connectivity index (χ1n) is 8.69. The number of aromatic nitrogens is 3. The zero-order chi connectivity index (χ0) is 17.4. The van der Waals surface area contributed by atoms with Gasteiger partial charge < -0.3 is 9.80 Å². The Hall–Kier alpha value is -2.28. The molecule has 0 aliphatic carbocycles. The number of rotatable bonds is 2. The van der Waals surface area contributed by atoms with Gasteiger partial charge in [0, 0.05) is 30.6 Å². The number of carbonyl (C=O) groups excluding carboxylic acids is 1. The summed E-state index contributed by atoms with van der Waals surface area (Å²) >= 11 is 0. The second kappa shape index (κ2) is 6.22. The molecule has 1 amide bonds. The second-order valence-corrected chi connectivity index (χ2v) is 7.32. The lowest BCUT2D eigenvalue weighted by Gasteiger charge is -2.38. The summed E-state index contributed by atoms with van der Waals surface area (Å²) in [6.07, 6.45) is 6.16. The highest BCUT2D eigenvalue weighted by atomic mass is 19.1. The second-order valence-electron chi connectivity index (χ2n) is 7.32. The van der Waals surface area contributed by atoms with E-state index in [9.17, 15) is 9.18 Å². The SMILES string of the molecule is CN1CCCC2(CCN(C(=O)c3ccc(-n4cncn4)c(F)c3)C2)C1. The molecule has 1 unspecified atom stereocenters. The van der Waals surface area contributed by atoms with Crippen LogP contribution in [0, 0.1) is 11.2 Å². The van der Waals surface area contributed by atoms with Crippen LogP contribution in [0.1, 0.15) is 29.6 Å². The fraction of sp³-hybridized carbons (Fsp3) is 0.500. The van der Waals surface area contributed by atoms with E-state index in [2.05, 4.69) is 22.0 Å². The highest BCUT2D eigenvalue weighted by molar-refractivity contribution is 5.94. The maximum Gasteiger partial charge on any atom is 0.253 e. The minimum Gasteiger partial charge on any atom is -0.338 e. The molecule has 2 saturated heterocycles. The zero-order valence-corrected chi connectivity index (χ0v) is 14.4. The van der Waals surface area contributed by atoms with Crippen LogP contribution in [0.5, 0.6) is 0 Å². The molecule has 4 rings (SSSR count). The monoisotopic (exact) mass is 343 g/mol. The first-order valence-corrected chi connectivity index (χ1v) is 8.69. The third kappa shape index (κ3) is 3.04. The maximum atomic E-state index is 14.4. The lowest BCUT2D eigenvalue weighted by atomic mass is 9.79.